The number of esters is 1. The number of ether oxygens (including phenoxy) is 3. The fourth-order valence-corrected chi connectivity index (χ4v) is 5.81. The highest BCUT2D eigenvalue weighted by molar-refractivity contribution is 6.09. The van der Waals surface area contributed by atoms with Gasteiger partial charge in [0.25, 0.3) is 5.91 Å². The van der Waals surface area contributed by atoms with Crippen LogP contribution in [0.3, 0.4) is 0 Å². The van der Waals surface area contributed by atoms with Crippen molar-refractivity contribution in [3.05, 3.63) is 65.7 Å². The van der Waals surface area contributed by atoms with Crippen molar-refractivity contribution >= 4 is 57.7 Å². The molecule has 0 fully saturated rings. The minimum Gasteiger partial charge on any atom is -0.496 e. The number of nitrogens with one attached hydrogen (secondary N) is 1. The first-order valence-corrected chi connectivity index (χ1v) is 16.7. The lowest BCUT2D eigenvalue weighted by Crippen LogP contribution is -2.57. The van der Waals surface area contributed by atoms with Crippen LogP contribution < -0.4 is 19.9 Å². The van der Waals surface area contributed by atoms with Gasteiger partial charge < -0.3 is 34.1 Å². The second kappa shape index (κ2) is 16.0. The normalized spacial score (nSPS) is 15.0. The van der Waals surface area contributed by atoms with E-state index in [-0.39, 0.29) is 37.6 Å². The average molecular weight is 703 g/mol. The summed E-state index contributed by atoms with van der Waals surface area (Å²) in [4.78, 5) is 83.0. The smallest absolute Gasteiger partial charge is 0.410 e. The van der Waals surface area contributed by atoms with Gasteiger partial charge in [-0.1, -0.05) is 24.3 Å². The van der Waals surface area contributed by atoms with Crippen LogP contribution in [0.5, 0.6) is 5.75 Å². The van der Waals surface area contributed by atoms with Crippen molar-refractivity contribution in [1.82, 2.24) is 10.2 Å². The number of rotatable bonds is 11. The van der Waals surface area contributed by atoms with Crippen molar-refractivity contribution in [2.75, 3.05) is 37.6 Å². The summed E-state index contributed by atoms with van der Waals surface area (Å²) in [6.45, 7) is 7.89. The number of fused-ring (bicyclic) bond motifs is 2. The number of methoxy groups -OCH3 is 2. The van der Waals surface area contributed by atoms with E-state index in [9.17, 15) is 28.8 Å². The molecule has 51 heavy (non-hydrogen) atoms. The van der Waals surface area contributed by atoms with Crippen LogP contribution in [0, 0.1) is 0 Å². The van der Waals surface area contributed by atoms with Gasteiger partial charge in [0.05, 0.1) is 44.2 Å². The Morgan fingerprint density at radius 1 is 0.980 bits per heavy atom. The molecule has 13 heteroatoms. The topological polar surface area (TPSA) is 152 Å². The van der Waals surface area contributed by atoms with Gasteiger partial charge in [-0.2, -0.15) is 0 Å². The van der Waals surface area contributed by atoms with Gasteiger partial charge in [-0.15, -0.1) is 0 Å². The van der Waals surface area contributed by atoms with E-state index in [4.69, 9.17) is 14.2 Å². The molecule has 0 unspecified atom stereocenters. The summed E-state index contributed by atoms with van der Waals surface area (Å²) in [5, 5.41) is 4.21. The molecule has 1 aliphatic heterocycles. The van der Waals surface area contributed by atoms with E-state index >= 15 is 0 Å². The third kappa shape index (κ3) is 9.02. The first-order valence-electron chi connectivity index (χ1n) is 16.7. The number of para-hydroxylation sites is 2. The molecule has 13 nitrogen and oxygen atoms in total. The highest BCUT2D eigenvalue weighted by Crippen LogP contribution is 2.37. The van der Waals surface area contributed by atoms with Crippen LogP contribution in [0.4, 0.5) is 16.2 Å². The summed E-state index contributed by atoms with van der Waals surface area (Å²) >= 11 is 0. The minimum atomic E-state index is -1.23. The maximum absolute atomic E-state index is 14.7. The van der Waals surface area contributed by atoms with Crippen molar-refractivity contribution < 1.29 is 43.0 Å². The van der Waals surface area contributed by atoms with E-state index in [0.717, 1.165) is 4.90 Å². The van der Waals surface area contributed by atoms with Crippen molar-refractivity contribution in [1.29, 1.82) is 0 Å². The average Bonchev–Trinajstić information content (AvgIpc) is 3.20. The summed E-state index contributed by atoms with van der Waals surface area (Å²) < 4.78 is 16.1. The monoisotopic (exact) mass is 702 g/mol. The molecular weight excluding hydrogens is 656 g/mol. The van der Waals surface area contributed by atoms with E-state index in [1.165, 1.54) is 44.9 Å². The predicted molar refractivity (Wildman–Crippen MR) is 192 cm³/mol. The number of hydrogen-bond donors (Lipinski definition) is 1. The van der Waals surface area contributed by atoms with E-state index in [1.807, 2.05) is 0 Å². The number of anilines is 2. The van der Waals surface area contributed by atoms with Gasteiger partial charge in [0.15, 0.2) is 0 Å². The molecule has 272 valence electrons. The third-order valence-electron chi connectivity index (χ3n) is 8.62. The molecule has 0 saturated heterocycles. The van der Waals surface area contributed by atoms with Gasteiger partial charge >= 0.3 is 12.1 Å². The first-order chi connectivity index (χ1) is 24.1. The van der Waals surface area contributed by atoms with Crippen LogP contribution in [0.15, 0.2) is 54.6 Å². The molecule has 1 aliphatic rings. The summed E-state index contributed by atoms with van der Waals surface area (Å²) in [5.74, 6) is -1.52. The SMILES string of the molecule is COC(=O)c1ccc2c(CN3C(=O)[C@@H](NC(=O)[C@H](C)N(C)C(=O)OC(C)(C)C)CN(C(=O)CCCC(C)=O)c4ccccc43)c(OC)ccc2c1. The predicted octanol–water partition coefficient (Wildman–Crippen LogP) is 5.01. The number of carbonyl (C=O) groups excluding carboxylic acids is 6. The van der Waals surface area contributed by atoms with Gasteiger partial charge in [0.1, 0.15) is 29.2 Å². The van der Waals surface area contributed by atoms with Crippen LogP contribution in [-0.2, 0) is 35.2 Å². The number of likely N-dealkylation sites (N-methyl/N-ethyl adjacent to an activating group) is 1. The Balaban J connectivity index is 1.79. The Morgan fingerprint density at radius 2 is 1.67 bits per heavy atom. The van der Waals surface area contributed by atoms with Crippen molar-refractivity contribution in [3.8, 4) is 5.75 Å². The van der Waals surface area contributed by atoms with Gasteiger partial charge in [-0.25, -0.2) is 9.59 Å². The molecule has 4 amide bonds. The zero-order valence-electron chi connectivity index (χ0n) is 30.4. The van der Waals surface area contributed by atoms with Gasteiger partial charge in [-0.3, -0.25) is 19.3 Å². The van der Waals surface area contributed by atoms with E-state index in [1.54, 1.807) is 75.4 Å². The van der Waals surface area contributed by atoms with Gasteiger partial charge in [0, 0.05) is 25.5 Å². The molecule has 0 bridgehead atoms. The molecule has 0 radical (unpaired) electrons. The molecule has 0 aromatic heterocycles. The van der Waals surface area contributed by atoms with Crippen LogP contribution in [0.1, 0.15) is 69.8 Å². The maximum Gasteiger partial charge on any atom is 0.410 e. The summed E-state index contributed by atoms with van der Waals surface area (Å²) in [5.41, 5.74) is 1.05. The fourth-order valence-electron chi connectivity index (χ4n) is 5.81. The van der Waals surface area contributed by atoms with Gasteiger partial charge in [0.2, 0.25) is 11.8 Å². The number of Topliss-reactive ketones (excluding diaryl/α,β-unsaturated/α-hetero) is 1. The highest BCUT2D eigenvalue weighted by atomic mass is 16.6. The fraction of sp³-hybridized carbons (Fsp3) is 0.421. The Morgan fingerprint density at radius 3 is 2.29 bits per heavy atom. The molecule has 2 atom stereocenters. The minimum absolute atomic E-state index is 0.0277. The molecule has 0 spiro atoms. The lowest BCUT2D eigenvalue weighted by molar-refractivity contribution is -0.130. The van der Waals surface area contributed by atoms with Crippen molar-refractivity contribution in [2.45, 2.75) is 78.1 Å². The maximum atomic E-state index is 14.7. The molecule has 0 aliphatic carbocycles. The number of nitrogens with zero attached hydrogens (tertiary/aromatic N) is 3. The zero-order chi connectivity index (χ0) is 37.6. The Kier molecular flexibility index (Phi) is 12.1. The number of benzene rings is 3. The van der Waals surface area contributed by atoms with Crippen molar-refractivity contribution in [3.63, 3.8) is 0 Å². The molecule has 3 aromatic rings. The molecule has 3 aromatic carbocycles. The molecule has 1 heterocycles. The second-order valence-corrected chi connectivity index (χ2v) is 13.5. The Bertz CT molecular complexity index is 1830. The second-order valence-electron chi connectivity index (χ2n) is 13.5. The lowest BCUT2D eigenvalue weighted by atomic mass is 10.00. The zero-order valence-corrected chi connectivity index (χ0v) is 30.4. The van der Waals surface area contributed by atoms with E-state index < -0.39 is 41.6 Å². The standard InChI is InChI=1S/C38H46N4O9/c1-23(43)12-11-15-33(44)41-22-29(39-34(45)24(2)40(6)37(48)51-38(3,4)5)35(46)42(31-14-10-9-13-30(31)41)21-28-27-18-16-26(36(47)50-8)20-25(27)17-19-32(28)49-7/h9-10,13-14,16-20,24,29H,11-12,15,21-22H2,1-8H3,(H,39,45)/t24-,29-/m0/s1. The third-order valence-corrected chi connectivity index (χ3v) is 8.62. The van der Waals surface area contributed by atoms with Crippen LogP contribution in [-0.4, -0.2) is 86.0 Å². The van der Waals surface area contributed by atoms with Crippen LogP contribution in [0.2, 0.25) is 0 Å². The lowest BCUT2D eigenvalue weighted by Gasteiger charge is -2.30. The number of carbonyl (C=O) groups is 6. The van der Waals surface area contributed by atoms with Crippen LogP contribution in [0.25, 0.3) is 10.8 Å². The Labute approximate surface area is 297 Å². The number of ketones is 1. The first kappa shape index (κ1) is 38.3. The quantitative estimate of drug-likeness (QED) is 0.272. The number of hydrogen-bond acceptors (Lipinski definition) is 9. The van der Waals surface area contributed by atoms with Crippen molar-refractivity contribution in [2.24, 2.45) is 0 Å². The summed E-state index contributed by atoms with van der Waals surface area (Å²) in [7, 11) is 4.24. The highest BCUT2D eigenvalue weighted by Gasteiger charge is 2.39. The molecular formula is C38H46N4O9. The van der Waals surface area contributed by atoms with Gasteiger partial charge in [-0.05, 0) is 82.1 Å². The van der Waals surface area contributed by atoms with E-state index in [2.05, 4.69) is 5.32 Å². The Hall–Kier alpha value is -5.46. The number of amides is 4. The molecule has 4 rings (SSSR count). The van der Waals surface area contributed by atoms with E-state index in [0.29, 0.717) is 45.4 Å². The molecule has 0 saturated carbocycles. The summed E-state index contributed by atoms with van der Waals surface area (Å²) in [6.07, 6.45) is -0.133. The summed E-state index contributed by atoms with van der Waals surface area (Å²) in [6, 6.07) is 13.3. The molecule has 1 N–H and O–H groups in total. The van der Waals surface area contributed by atoms with Crippen LogP contribution >= 0.6 is 0 Å². The largest absolute Gasteiger partial charge is 0.496 e.